The van der Waals surface area contributed by atoms with Crippen LogP contribution in [0.15, 0.2) is 36.4 Å². The molecule has 1 amide bonds. The van der Waals surface area contributed by atoms with Crippen molar-refractivity contribution in [3.63, 3.8) is 0 Å². The van der Waals surface area contributed by atoms with E-state index in [1.54, 1.807) is 11.3 Å². The number of rotatable bonds is 4. The van der Waals surface area contributed by atoms with Crippen LogP contribution in [0.3, 0.4) is 0 Å². The van der Waals surface area contributed by atoms with Crippen LogP contribution in [-0.4, -0.2) is 30.1 Å². The van der Waals surface area contributed by atoms with Crippen LogP contribution in [0, 0.1) is 20.8 Å². The summed E-state index contributed by atoms with van der Waals surface area (Å²) in [5.41, 5.74) is 4.99. The number of para-hydroxylation sites is 1. The van der Waals surface area contributed by atoms with Gasteiger partial charge in [0.05, 0.1) is 22.9 Å². The number of nitrogens with zero attached hydrogens (tertiary/aromatic N) is 2. The maximum atomic E-state index is 13.5. The van der Waals surface area contributed by atoms with Crippen LogP contribution >= 0.6 is 11.3 Å². The normalized spacial score (nSPS) is 16.8. The van der Waals surface area contributed by atoms with Crippen LogP contribution in [0.1, 0.15) is 39.9 Å². The summed E-state index contributed by atoms with van der Waals surface area (Å²) in [6.07, 6.45) is 2.11. The number of carbonyl (C=O) groups excluding carboxylic acids is 1. The van der Waals surface area contributed by atoms with Gasteiger partial charge in [-0.2, -0.15) is 0 Å². The number of hydrogen-bond donors (Lipinski definition) is 0. The lowest BCUT2D eigenvalue weighted by molar-refractivity contribution is 0.0917. The van der Waals surface area contributed by atoms with Crippen molar-refractivity contribution in [2.45, 2.75) is 39.7 Å². The van der Waals surface area contributed by atoms with E-state index in [1.807, 2.05) is 36.9 Å². The van der Waals surface area contributed by atoms with E-state index in [2.05, 4.69) is 25.1 Å². The third-order valence-electron chi connectivity index (χ3n) is 5.11. The molecule has 1 aliphatic rings. The van der Waals surface area contributed by atoms with Gasteiger partial charge in [-0.1, -0.05) is 41.2 Å². The molecule has 0 aliphatic carbocycles. The lowest BCUT2D eigenvalue weighted by Gasteiger charge is -2.24. The van der Waals surface area contributed by atoms with Crippen LogP contribution < -0.4 is 4.90 Å². The van der Waals surface area contributed by atoms with E-state index in [1.165, 1.54) is 0 Å². The largest absolute Gasteiger partial charge is 0.376 e. The Labute approximate surface area is 163 Å². The van der Waals surface area contributed by atoms with Gasteiger partial charge in [-0.15, -0.1) is 0 Å². The number of thiazole rings is 1. The quantitative estimate of drug-likeness (QED) is 0.636. The summed E-state index contributed by atoms with van der Waals surface area (Å²) in [7, 11) is 0. The van der Waals surface area contributed by atoms with Crippen molar-refractivity contribution in [2.75, 3.05) is 18.1 Å². The van der Waals surface area contributed by atoms with Gasteiger partial charge in [0.1, 0.15) is 0 Å². The minimum absolute atomic E-state index is 0.000269. The first-order valence-electron chi connectivity index (χ1n) is 9.40. The van der Waals surface area contributed by atoms with Crippen LogP contribution in [0.2, 0.25) is 0 Å². The molecule has 4 rings (SSSR count). The molecule has 0 N–H and O–H groups in total. The van der Waals surface area contributed by atoms with Gasteiger partial charge in [0.2, 0.25) is 0 Å². The summed E-state index contributed by atoms with van der Waals surface area (Å²) in [5.74, 6) is -0.000269. The first kappa shape index (κ1) is 18.1. The van der Waals surface area contributed by atoms with Crippen molar-refractivity contribution in [3.8, 4) is 0 Å². The molecule has 2 aromatic carbocycles. The maximum Gasteiger partial charge on any atom is 0.260 e. The summed E-state index contributed by atoms with van der Waals surface area (Å²) in [6.45, 7) is 7.41. The lowest BCUT2D eigenvalue weighted by atomic mass is 10.0. The van der Waals surface area contributed by atoms with E-state index >= 15 is 0 Å². The summed E-state index contributed by atoms with van der Waals surface area (Å²) < 4.78 is 6.93. The zero-order valence-electron chi connectivity index (χ0n) is 16.0. The number of aryl methyl sites for hydroxylation is 3. The molecule has 1 aromatic heterocycles. The molecule has 27 heavy (non-hydrogen) atoms. The number of ether oxygens (including phenoxy) is 1. The smallest absolute Gasteiger partial charge is 0.260 e. The van der Waals surface area contributed by atoms with Gasteiger partial charge in [0.15, 0.2) is 5.13 Å². The molecule has 0 bridgehead atoms. The molecule has 1 atom stereocenters. The van der Waals surface area contributed by atoms with E-state index in [4.69, 9.17) is 9.72 Å². The van der Waals surface area contributed by atoms with Gasteiger partial charge in [-0.05, 0) is 56.9 Å². The average Bonchev–Trinajstić information content (AvgIpc) is 3.29. The number of anilines is 1. The number of hydrogen-bond acceptors (Lipinski definition) is 4. The average molecular weight is 381 g/mol. The summed E-state index contributed by atoms with van der Waals surface area (Å²) >= 11 is 1.57. The van der Waals surface area contributed by atoms with Gasteiger partial charge in [-0.25, -0.2) is 4.98 Å². The molecule has 1 fully saturated rings. The van der Waals surface area contributed by atoms with E-state index in [9.17, 15) is 4.79 Å². The second-order valence-electron chi connectivity index (χ2n) is 7.29. The molecule has 2 heterocycles. The van der Waals surface area contributed by atoms with Gasteiger partial charge >= 0.3 is 0 Å². The Morgan fingerprint density at radius 3 is 2.78 bits per heavy atom. The Hall–Kier alpha value is -2.24. The first-order chi connectivity index (χ1) is 13.0. The highest BCUT2D eigenvalue weighted by atomic mass is 32.1. The van der Waals surface area contributed by atoms with E-state index in [0.29, 0.717) is 6.54 Å². The highest BCUT2D eigenvalue weighted by Crippen LogP contribution is 2.32. The predicted molar refractivity (Wildman–Crippen MR) is 111 cm³/mol. The number of benzene rings is 2. The minimum Gasteiger partial charge on any atom is -0.376 e. The van der Waals surface area contributed by atoms with Crippen molar-refractivity contribution >= 4 is 32.6 Å². The van der Waals surface area contributed by atoms with Crippen LogP contribution in [0.25, 0.3) is 10.2 Å². The Morgan fingerprint density at radius 2 is 2.07 bits per heavy atom. The monoisotopic (exact) mass is 380 g/mol. The number of fused-ring (bicyclic) bond motifs is 1. The Balaban J connectivity index is 1.75. The van der Waals surface area contributed by atoms with E-state index in [0.717, 1.165) is 57.1 Å². The standard InChI is InChI=1S/C22H24N2O2S/c1-14-9-10-18(16(3)12-14)21(25)24(13-17-7-5-11-26-17)22-23-20-15(2)6-4-8-19(20)27-22/h4,6,8-10,12,17H,5,7,11,13H2,1-3H3. The molecular weight excluding hydrogens is 356 g/mol. The third kappa shape index (κ3) is 3.62. The SMILES string of the molecule is Cc1ccc(C(=O)N(CC2CCCO2)c2nc3c(C)cccc3s2)c(C)c1. The maximum absolute atomic E-state index is 13.5. The number of aromatic nitrogens is 1. The van der Waals surface area contributed by atoms with E-state index < -0.39 is 0 Å². The molecule has 1 saturated heterocycles. The van der Waals surface area contributed by atoms with Crippen molar-refractivity contribution in [1.29, 1.82) is 0 Å². The Morgan fingerprint density at radius 1 is 1.22 bits per heavy atom. The molecule has 4 nitrogen and oxygen atoms in total. The van der Waals surface area contributed by atoms with Gasteiger partial charge in [0, 0.05) is 12.2 Å². The first-order valence-corrected chi connectivity index (χ1v) is 10.2. The molecule has 1 aliphatic heterocycles. The topological polar surface area (TPSA) is 42.4 Å². The Kier molecular flexibility index (Phi) is 4.98. The third-order valence-corrected chi connectivity index (χ3v) is 6.15. The van der Waals surface area contributed by atoms with Gasteiger partial charge < -0.3 is 4.74 Å². The van der Waals surface area contributed by atoms with Crippen molar-refractivity contribution in [2.24, 2.45) is 0 Å². The number of amides is 1. The van der Waals surface area contributed by atoms with Crippen molar-refractivity contribution in [1.82, 2.24) is 4.98 Å². The van der Waals surface area contributed by atoms with Crippen molar-refractivity contribution in [3.05, 3.63) is 58.7 Å². The Bertz CT molecular complexity index is 989. The van der Waals surface area contributed by atoms with Crippen LogP contribution in [0.5, 0.6) is 0 Å². The molecule has 3 aromatic rings. The summed E-state index contributed by atoms with van der Waals surface area (Å²) in [5, 5.41) is 0.750. The fourth-order valence-corrected chi connectivity index (χ4v) is 4.68. The zero-order chi connectivity index (χ0) is 19.0. The second-order valence-corrected chi connectivity index (χ2v) is 8.30. The molecule has 0 spiro atoms. The van der Waals surface area contributed by atoms with Crippen molar-refractivity contribution < 1.29 is 9.53 Å². The molecule has 5 heteroatoms. The molecule has 0 saturated carbocycles. The van der Waals surface area contributed by atoms with E-state index in [-0.39, 0.29) is 12.0 Å². The van der Waals surface area contributed by atoms with Crippen LogP contribution in [0.4, 0.5) is 5.13 Å². The predicted octanol–water partition coefficient (Wildman–Crippen LogP) is 5.05. The second kappa shape index (κ2) is 7.41. The molecular formula is C22H24N2O2S. The fraction of sp³-hybridized carbons (Fsp3) is 0.364. The van der Waals surface area contributed by atoms with Gasteiger partial charge in [-0.3, -0.25) is 9.69 Å². The molecule has 1 unspecified atom stereocenters. The summed E-state index contributed by atoms with van der Waals surface area (Å²) in [6, 6.07) is 12.1. The highest BCUT2D eigenvalue weighted by molar-refractivity contribution is 7.22. The highest BCUT2D eigenvalue weighted by Gasteiger charge is 2.27. The lowest BCUT2D eigenvalue weighted by Crippen LogP contribution is -2.37. The number of carbonyl (C=O) groups is 1. The summed E-state index contributed by atoms with van der Waals surface area (Å²) in [4.78, 5) is 20.1. The fourth-order valence-electron chi connectivity index (χ4n) is 3.63. The molecule has 140 valence electrons. The minimum atomic E-state index is -0.000269. The molecule has 0 radical (unpaired) electrons. The van der Waals surface area contributed by atoms with Gasteiger partial charge in [0.25, 0.3) is 5.91 Å². The van der Waals surface area contributed by atoms with Crippen LogP contribution in [-0.2, 0) is 4.74 Å². The zero-order valence-corrected chi connectivity index (χ0v) is 16.8.